The number of aromatic nitrogens is 1. The Morgan fingerprint density at radius 2 is 1.92 bits per heavy atom. The summed E-state index contributed by atoms with van der Waals surface area (Å²) in [6, 6.07) is 5.78. The number of rotatable bonds is 4. The summed E-state index contributed by atoms with van der Waals surface area (Å²) in [5, 5.41) is 3.89. The number of ketones is 1. The van der Waals surface area contributed by atoms with E-state index in [1.165, 1.54) is 18.2 Å². The van der Waals surface area contributed by atoms with E-state index < -0.39 is 14.6 Å². The van der Waals surface area contributed by atoms with E-state index in [0.717, 1.165) is 12.8 Å². The first-order valence-corrected chi connectivity index (χ1v) is 9.53. The summed E-state index contributed by atoms with van der Waals surface area (Å²) in [6.07, 6.45) is 2.09. The van der Waals surface area contributed by atoms with Crippen LogP contribution in [0.15, 0.2) is 33.7 Å². The summed E-state index contributed by atoms with van der Waals surface area (Å²) in [4.78, 5) is 12.6. The molecule has 1 fully saturated rings. The second-order valence-corrected chi connectivity index (χ2v) is 10.1. The van der Waals surface area contributed by atoms with Gasteiger partial charge in [-0.25, -0.2) is 8.42 Å². The van der Waals surface area contributed by atoms with Gasteiger partial charge in [0, 0.05) is 17.5 Å². The summed E-state index contributed by atoms with van der Waals surface area (Å²) in [6.45, 7) is 4.85. The van der Waals surface area contributed by atoms with E-state index in [2.05, 4.69) is 5.16 Å². The van der Waals surface area contributed by atoms with E-state index in [4.69, 9.17) is 16.1 Å². The van der Waals surface area contributed by atoms with Gasteiger partial charge >= 0.3 is 0 Å². The van der Waals surface area contributed by atoms with Crippen molar-refractivity contribution in [1.29, 1.82) is 0 Å². The number of sulfone groups is 1. The number of carbonyl (C=O) groups is 1. The van der Waals surface area contributed by atoms with Gasteiger partial charge in [-0.05, 0) is 51.8 Å². The maximum absolute atomic E-state index is 12.5. The molecule has 1 heterocycles. The van der Waals surface area contributed by atoms with E-state index in [-0.39, 0.29) is 27.0 Å². The lowest BCUT2D eigenvalue weighted by molar-refractivity contribution is 0.103. The van der Waals surface area contributed by atoms with Crippen molar-refractivity contribution in [2.24, 2.45) is 0 Å². The Morgan fingerprint density at radius 3 is 2.46 bits per heavy atom. The first-order valence-electron chi connectivity index (χ1n) is 7.67. The lowest BCUT2D eigenvalue weighted by atomic mass is 10.1. The molecular weight excluding hydrogens is 350 g/mol. The van der Waals surface area contributed by atoms with Crippen molar-refractivity contribution in [3.05, 3.63) is 46.3 Å². The highest BCUT2D eigenvalue weighted by Gasteiger charge is 2.32. The van der Waals surface area contributed by atoms with Gasteiger partial charge in [-0.1, -0.05) is 16.8 Å². The fraction of sp³-hybridized carbons (Fsp3) is 0.412. The molecule has 0 N–H and O–H groups in total. The molecule has 5 nitrogen and oxygen atoms in total. The van der Waals surface area contributed by atoms with Gasteiger partial charge in [-0.3, -0.25) is 4.79 Å². The highest BCUT2D eigenvalue weighted by atomic mass is 35.5. The zero-order chi connectivity index (χ0) is 17.7. The molecule has 0 atom stereocenters. The minimum absolute atomic E-state index is 0.0845. The van der Waals surface area contributed by atoms with Crippen molar-refractivity contribution in [1.82, 2.24) is 5.16 Å². The van der Waals surface area contributed by atoms with Gasteiger partial charge in [0.2, 0.25) is 5.78 Å². The molecule has 1 aliphatic carbocycles. The SMILES string of the molecule is CC(C)(C)S(=O)(=O)c1ccc(C(=O)c2cc(C3CC3)on2)c(Cl)c1. The van der Waals surface area contributed by atoms with E-state index in [1.807, 2.05) is 0 Å². The van der Waals surface area contributed by atoms with E-state index >= 15 is 0 Å². The third kappa shape index (κ3) is 3.00. The maximum atomic E-state index is 12.5. The number of hydrogen-bond acceptors (Lipinski definition) is 5. The van der Waals surface area contributed by atoms with Crippen molar-refractivity contribution in [2.45, 2.75) is 49.2 Å². The first-order chi connectivity index (χ1) is 11.1. The van der Waals surface area contributed by atoms with Crippen LogP contribution in [0.3, 0.4) is 0 Å². The molecule has 24 heavy (non-hydrogen) atoms. The Labute approximate surface area is 145 Å². The molecule has 0 spiro atoms. The van der Waals surface area contributed by atoms with Crippen LogP contribution in [0.5, 0.6) is 0 Å². The summed E-state index contributed by atoms with van der Waals surface area (Å²) in [7, 11) is -3.53. The highest BCUT2D eigenvalue weighted by Crippen LogP contribution is 2.40. The Morgan fingerprint density at radius 1 is 1.25 bits per heavy atom. The average molecular weight is 368 g/mol. The molecule has 0 saturated heterocycles. The number of halogens is 1. The molecule has 0 radical (unpaired) electrons. The third-order valence-corrected chi connectivity index (χ3v) is 6.84. The van der Waals surface area contributed by atoms with Gasteiger partial charge in [0.05, 0.1) is 14.7 Å². The van der Waals surface area contributed by atoms with Crippen LogP contribution in [0.4, 0.5) is 0 Å². The Hall–Kier alpha value is -1.66. The fourth-order valence-corrected chi connectivity index (χ4v) is 3.85. The minimum Gasteiger partial charge on any atom is -0.360 e. The third-order valence-electron chi connectivity index (χ3n) is 4.04. The van der Waals surface area contributed by atoms with E-state index in [9.17, 15) is 13.2 Å². The molecule has 2 aromatic rings. The molecule has 1 aliphatic rings. The van der Waals surface area contributed by atoms with Crippen molar-refractivity contribution < 1.29 is 17.7 Å². The fourth-order valence-electron chi connectivity index (χ4n) is 2.30. The summed E-state index contributed by atoms with van der Waals surface area (Å²) >= 11 is 6.17. The zero-order valence-corrected chi connectivity index (χ0v) is 15.2. The van der Waals surface area contributed by atoms with Crippen LogP contribution in [0, 0.1) is 0 Å². The van der Waals surface area contributed by atoms with E-state index in [0.29, 0.717) is 11.7 Å². The van der Waals surface area contributed by atoms with Crippen LogP contribution in [0.25, 0.3) is 0 Å². The van der Waals surface area contributed by atoms with Crippen molar-refractivity contribution in [2.75, 3.05) is 0 Å². The minimum atomic E-state index is -3.53. The molecule has 3 rings (SSSR count). The van der Waals surface area contributed by atoms with Crippen LogP contribution in [0.1, 0.15) is 61.3 Å². The van der Waals surface area contributed by atoms with Crippen molar-refractivity contribution in [3.63, 3.8) is 0 Å². The Bertz CT molecular complexity index is 905. The highest BCUT2D eigenvalue weighted by molar-refractivity contribution is 7.92. The van der Waals surface area contributed by atoms with Crippen LogP contribution in [0.2, 0.25) is 5.02 Å². The van der Waals surface area contributed by atoms with Crippen LogP contribution in [-0.2, 0) is 9.84 Å². The Balaban J connectivity index is 1.93. The predicted octanol–water partition coefficient (Wildman–Crippen LogP) is 4.01. The molecular formula is C17H18ClNO4S. The van der Waals surface area contributed by atoms with Gasteiger partial charge in [-0.2, -0.15) is 0 Å². The molecule has 1 aromatic carbocycles. The number of nitrogens with zero attached hydrogens (tertiary/aromatic N) is 1. The number of carbonyl (C=O) groups excluding carboxylic acids is 1. The molecule has 0 bridgehead atoms. The van der Waals surface area contributed by atoms with E-state index in [1.54, 1.807) is 26.8 Å². The number of hydrogen-bond donors (Lipinski definition) is 0. The standard InChI is InChI=1S/C17H18ClNO4S/c1-17(2,3)24(21,22)11-6-7-12(13(18)8-11)16(20)14-9-15(23-19-14)10-4-5-10/h6-10H,4-5H2,1-3H3. The second kappa shape index (κ2) is 5.70. The second-order valence-electron chi connectivity index (χ2n) is 6.98. The van der Waals surface area contributed by atoms with Crippen LogP contribution in [-0.4, -0.2) is 24.1 Å². The summed E-state index contributed by atoms with van der Waals surface area (Å²) < 4.78 is 29.2. The van der Waals surface area contributed by atoms with Crippen LogP contribution < -0.4 is 0 Å². The number of benzene rings is 1. The summed E-state index contributed by atoms with van der Waals surface area (Å²) in [5.74, 6) is 0.686. The van der Waals surface area contributed by atoms with Crippen molar-refractivity contribution in [3.8, 4) is 0 Å². The Kier molecular flexibility index (Phi) is 4.08. The van der Waals surface area contributed by atoms with Crippen LogP contribution >= 0.6 is 11.6 Å². The predicted molar refractivity (Wildman–Crippen MR) is 90.3 cm³/mol. The van der Waals surface area contributed by atoms with Gasteiger partial charge in [0.1, 0.15) is 5.76 Å². The molecule has 7 heteroatoms. The molecule has 1 saturated carbocycles. The normalized spacial score (nSPS) is 15.5. The zero-order valence-electron chi connectivity index (χ0n) is 13.7. The van der Waals surface area contributed by atoms with Gasteiger partial charge in [0.15, 0.2) is 15.5 Å². The maximum Gasteiger partial charge on any atom is 0.216 e. The first kappa shape index (κ1) is 17.2. The molecule has 0 amide bonds. The quantitative estimate of drug-likeness (QED) is 0.763. The van der Waals surface area contributed by atoms with Gasteiger partial charge in [0.25, 0.3) is 0 Å². The monoisotopic (exact) mass is 367 g/mol. The lowest BCUT2D eigenvalue weighted by Crippen LogP contribution is -2.28. The summed E-state index contributed by atoms with van der Waals surface area (Å²) in [5.41, 5.74) is 0.394. The lowest BCUT2D eigenvalue weighted by Gasteiger charge is -2.19. The molecule has 1 aromatic heterocycles. The van der Waals surface area contributed by atoms with Gasteiger partial charge in [-0.15, -0.1) is 0 Å². The molecule has 0 unspecified atom stereocenters. The molecule has 128 valence electrons. The molecule has 0 aliphatic heterocycles. The average Bonchev–Trinajstić information content (AvgIpc) is 3.22. The largest absolute Gasteiger partial charge is 0.360 e. The van der Waals surface area contributed by atoms with Crippen molar-refractivity contribution >= 4 is 27.2 Å². The smallest absolute Gasteiger partial charge is 0.216 e. The topological polar surface area (TPSA) is 77.2 Å². The van der Waals surface area contributed by atoms with Gasteiger partial charge < -0.3 is 4.52 Å².